The number of nitrogens with zero attached hydrogens (tertiary/aromatic N) is 4. The van der Waals surface area contributed by atoms with Gasteiger partial charge in [-0.1, -0.05) is 0 Å². The number of carbonyl (C=O) groups is 1. The minimum absolute atomic E-state index is 0.0245. The van der Waals surface area contributed by atoms with E-state index in [9.17, 15) is 4.79 Å². The number of anilines is 2. The highest BCUT2D eigenvalue weighted by Gasteiger charge is 2.26. The van der Waals surface area contributed by atoms with Gasteiger partial charge in [0.15, 0.2) is 5.13 Å². The zero-order valence-electron chi connectivity index (χ0n) is 14.8. The Morgan fingerprint density at radius 1 is 1.36 bits per heavy atom. The van der Waals surface area contributed by atoms with Crippen molar-refractivity contribution in [2.24, 2.45) is 0 Å². The van der Waals surface area contributed by atoms with E-state index in [1.807, 2.05) is 30.2 Å². The van der Waals surface area contributed by atoms with E-state index in [4.69, 9.17) is 4.74 Å². The molecule has 0 aliphatic carbocycles. The summed E-state index contributed by atoms with van der Waals surface area (Å²) < 4.78 is 4.97. The van der Waals surface area contributed by atoms with Crippen molar-refractivity contribution in [1.82, 2.24) is 19.9 Å². The van der Waals surface area contributed by atoms with Crippen LogP contribution in [0.1, 0.15) is 36.0 Å². The van der Waals surface area contributed by atoms with Crippen LogP contribution in [0, 0.1) is 13.8 Å². The molecule has 0 radical (unpaired) electrons. The van der Waals surface area contributed by atoms with Crippen LogP contribution in [0.15, 0.2) is 11.4 Å². The lowest BCUT2D eigenvalue weighted by molar-refractivity contribution is -0.136. The van der Waals surface area contributed by atoms with Crippen molar-refractivity contribution in [3.63, 3.8) is 0 Å². The van der Waals surface area contributed by atoms with Gasteiger partial charge in [0.25, 0.3) is 0 Å². The van der Waals surface area contributed by atoms with Crippen molar-refractivity contribution in [2.45, 2.75) is 32.6 Å². The number of rotatable bonds is 5. The van der Waals surface area contributed by atoms with E-state index in [2.05, 4.69) is 20.3 Å². The van der Waals surface area contributed by atoms with Crippen molar-refractivity contribution in [3.8, 4) is 0 Å². The van der Waals surface area contributed by atoms with Crippen molar-refractivity contribution in [2.75, 3.05) is 32.1 Å². The van der Waals surface area contributed by atoms with Gasteiger partial charge in [-0.3, -0.25) is 4.79 Å². The molecule has 8 heteroatoms. The van der Waals surface area contributed by atoms with Gasteiger partial charge in [-0.25, -0.2) is 15.0 Å². The molecule has 1 unspecified atom stereocenters. The normalized spacial score (nSPS) is 17.6. The average molecular weight is 361 g/mol. The van der Waals surface area contributed by atoms with Gasteiger partial charge in [-0.05, 0) is 26.7 Å². The highest BCUT2D eigenvalue weighted by molar-refractivity contribution is 7.13. The van der Waals surface area contributed by atoms with Crippen molar-refractivity contribution < 1.29 is 9.53 Å². The summed E-state index contributed by atoms with van der Waals surface area (Å²) >= 11 is 1.55. The molecule has 0 saturated carbocycles. The number of aryl methyl sites for hydroxylation is 2. The van der Waals surface area contributed by atoms with Gasteiger partial charge in [0.1, 0.15) is 18.2 Å². The van der Waals surface area contributed by atoms with Crippen molar-refractivity contribution >= 4 is 28.2 Å². The van der Waals surface area contributed by atoms with Crippen molar-refractivity contribution in [3.05, 3.63) is 28.7 Å². The molecular weight excluding hydrogens is 338 g/mol. The zero-order valence-corrected chi connectivity index (χ0v) is 15.6. The number of carbonyl (C=O) groups excluding carboxylic acids is 1. The SMILES string of the molecule is COCC(=O)N1CCCC(c2nc(C)cc(Nc3nc(C)cs3)n2)C1. The number of amides is 1. The lowest BCUT2D eigenvalue weighted by Gasteiger charge is -2.32. The van der Waals surface area contributed by atoms with Crippen LogP contribution in [-0.4, -0.2) is 52.6 Å². The Morgan fingerprint density at radius 2 is 2.20 bits per heavy atom. The molecular formula is C17H23N5O2S. The van der Waals surface area contributed by atoms with Crippen LogP contribution in [-0.2, 0) is 9.53 Å². The Hall–Kier alpha value is -2.06. The maximum absolute atomic E-state index is 12.1. The molecule has 3 rings (SSSR count). The van der Waals surface area contributed by atoms with E-state index in [0.717, 1.165) is 47.5 Å². The molecule has 1 fully saturated rings. The molecule has 2 aromatic rings. The third-order valence-corrected chi connectivity index (χ3v) is 5.01. The number of hydrogen-bond acceptors (Lipinski definition) is 7. The van der Waals surface area contributed by atoms with Gasteiger partial charge in [0.05, 0.1) is 5.69 Å². The summed E-state index contributed by atoms with van der Waals surface area (Å²) in [7, 11) is 1.54. The predicted octanol–water partition coefficient (Wildman–Crippen LogP) is 2.65. The fourth-order valence-corrected chi connectivity index (χ4v) is 3.68. The summed E-state index contributed by atoms with van der Waals surface area (Å²) in [6.07, 6.45) is 1.93. The molecule has 0 bridgehead atoms. The fourth-order valence-electron chi connectivity index (χ4n) is 2.99. The van der Waals surface area contributed by atoms with Crippen LogP contribution in [0.5, 0.6) is 0 Å². The summed E-state index contributed by atoms with van der Waals surface area (Å²) in [5.41, 5.74) is 1.89. The molecule has 1 aliphatic heterocycles. The molecule has 0 aromatic carbocycles. The van der Waals surface area contributed by atoms with Crippen LogP contribution < -0.4 is 5.32 Å². The second kappa shape index (κ2) is 7.88. The van der Waals surface area contributed by atoms with Gasteiger partial charge < -0.3 is 15.0 Å². The largest absolute Gasteiger partial charge is 0.375 e. The zero-order chi connectivity index (χ0) is 17.8. The second-order valence-corrected chi connectivity index (χ2v) is 7.14. The molecule has 25 heavy (non-hydrogen) atoms. The topological polar surface area (TPSA) is 80.2 Å². The predicted molar refractivity (Wildman–Crippen MR) is 97.3 cm³/mol. The highest BCUT2D eigenvalue weighted by atomic mass is 32.1. The molecule has 7 nitrogen and oxygen atoms in total. The third kappa shape index (κ3) is 4.52. The first-order chi connectivity index (χ1) is 12.0. The third-order valence-electron chi connectivity index (χ3n) is 4.13. The number of thiazole rings is 1. The molecule has 1 amide bonds. The maximum atomic E-state index is 12.1. The minimum Gasteiger partial charge on any atom is -0.375 e. The summed E-state index contributed by atoms with van der Waals surface area (Å²) in [4.78, 5) is 27.6. The Morgan fingerprint density at radius 3 is 2.92 bits per heavy atom. The van der Waals surface area contributed by atoms with E-state index in [-0.39, 0.29) is 18.4 Å². The Kier molecular flexibility index (Phi) is 5.60. The van der Waals surface area contributed by atoms with Crippen LogP contribution in [0.4, 0.5) is 10.9 Å². The fraction of sp³-hybridized carbons (Fsp3) is 0.529. The lowest BCUT2D eigenvalue weighted by atomic mass is 9.97. The molecule has 0 spiro atoms. The van der Waals surface area contributed by atoms with Gasteiger partial charge in [0, 0.05) is 43.3 Å². The van der Waals surface area contributed by atoms with Crippen molar-refractivity contribution in [1.29, 1.82) is 0 Å². The van der Waals surface area contributed by atoms with E-state index in [1.54, 1.807) is 18.4 Å². The Balaban J connectivity index is 1.76. The Bertz CT molecular complexity index is 748. The van der Waals surface area contributed by atoms with Gasteiger partial charge in [-0.15, -0.1) is 11.3 Å². The van der Waals surface area contributed by atoms with E-state index in [1.165, 1.54) is 0 Å². The monoisotopic (exact) mass is 361 g/mol. The first-order valence-corrected chi connectivity index (χ1v) is 9.24. The number of hydrogen-bond donors (Lipinski definition) is 1. The molecule has 1 atom stereocenters. The smallest absolute Gasteiger partial charge is 0.248 e. The molecule has 1 aliphatic rings. The molecule has 1 saturated heterocycles. The first-order valence-electron chi connectivity index (χ1n) is 8.36. The number of ether oxygens (including phenoxy) is 1. The molecule has 1 N–H and O–H groups in total. The standard InChI is InChI=1S/C17H23N5O2S/c1-11-7-14(21-17-19-12(2)10-25-17)20-16(18-11)13-5-4-6-22(8-13)15(23)9-24-3/h7,10,13H,4-6,8-9H2,1-3H3,(H,18,19,20,21). The highest BCUT2D eigenvalue weighted by Crippen LogP contribution is 2.27. The molecule has 134 valence electrons. The number of methoxy groups -OCH3 is 1. The number of nitrogens with one attached hydrogen (secondary N) is 1. The molecule has 3 heterocycles. The van der Waals surface area contributed by atoms with Gasteiger partial charge in [0.2, 0.25) is 5.91 Å². The summed E-state index contributed by atoms with van der Waals surface area (Å²) in [5.74, 6) is 1.70. The van der Waals surface area contributed by atoms with E-state index >= 15 is 0 Å². The second-order valence-electron chi connectivity index (χ2n) is 6.28. The Labute approximate surface area is 151 Å². The molecule has 2 aromatic heterocycles. The first kappa shape index (κ1) is 17.8. The summed E-state index contributed by atoms with van der Waals surface area (Å²) in [5, 5.41) is 6.07. The van der Waals surface area contributed by atoms with Gasteiger partial charge in [-0.2, -0.15) is 0 Å². The van der Waals surface area contributed by atoms with E-state index in [0.29, 0.717) is 6.54 Å². The van der Waals surface area contributed by atoms with Crippen LogP contribution >= 0.6 is 11.3 Å². The number of likely N-dealkylation sites (tertiary alicyclic amines) is 1. The van der Waals surface area contributed by atoms with Crippen LogP contribution in [0.2, 0.25) is 0 Å². The number of piperidine rings is 1. The van der Waals surface area contributed by atoms with E-state index < -0.39 is 0 Å². The van der Waals surface area contributed by atoms with Crippen LogP contribution in [0.3, 0.4) is 0 Å². The lowest BCUT2D eigenvalue weighted by Crippen LogP contribution is -2.41. The maximum Gasteiger partial charge on any atom is 0.248 e. The quantitative estimate of drug-likeness (QED) is 0.882. The van der Waals surface area contributed by atoms with Crippen LogP contribution in [0.25, 0.3) is 0 Å². The van der Waals surface area contributed by atoms with Gasteiger partial charge >= 0.3 is 0 Å². The number of aromatic nitrogens is 3. The average Bonchev–Trinajstić information content (AvgIpc) is 2.99. The summed E-state index contributed by atoms with van der Waals surface area (Å²) in [6, 6.07) is 1.91. The minimum atomic E-state index is 0.0245. The summed E-state index contributed by atoms with van der Waals surface area (Å²) in [6.45, 7) is 5.46.